The molecule has 106 valence electrons. The van der Waals surface area contributed by atoms with E-state index in [-0.39, 0.29) is 0 Å². The Labute approximate surface area is 125 Å². The van der Waals surface area contributed by atoms with Gasteiger partial charge in [-0.3, -0.25) is 10.2 Å². The second-order valence-corrected chi connectivity index (χ2v) is 5.30. The van der Waals surface area contributed by atoms with Crippen LogP contribution in [0.2, 0.25) is 0 Å². The SMILES string of the molecule is NNC(=O)c1cccc(CSc2nc3ccccc3[nH]2)n1. The molecule has 1 amide bonds. The van der Waals surface area contributed by atoms with Crippen LogP contribution in [0.15, 0.2) is 47.6 Å². The van der Waals surface area contributed by atoms with Gasteiger partial charge in [-0.15, -0.1) is 0 Å². The van der Waals surface area contributed by atoms with E-state index in [0.29, 0.717) is 11.4 Å². The van der Waals surface area contributed by atoms with Crippen LogP contribution in [0.5, 0.6) is 0 Å². The number of hydrogen-bond donors (Lipinski definition) is 3. The van der Waals surface area contributed by atoms with E-state index in [9.17, 15) is 4.79 Å². The minimum Gasteiger partial charge on any atom is -0.333 e. The molecule has 4 N–H and O–H groups in total. The number of hydrazine groups is 1. The Hall–Kier alpha value is -2.38. The average Bonchev–Trinajstić information content (AvgIpc) is 2.95. The number of nitrogens with zero attached hydrogens (tertiary/aromatic N) is 2. The first kappa shape index (κ1) is 13.6. The summed E-state index contributed by atoms with van der Waals surface area (Å²) in [6.45, 7) is 0. The quantitative estimate of drug-likeness (QED) is 0.296. The first-order valence-electron chi connectivity index (χ1n) is 6.30. The van der Waals surface area contributed by atoms with Gasteiger partial charge in [0.25, 0.3) is 5.91 Å². The molecule has 21 heavy (non-hydrogen) atoms. The molecular formula is C14H13N5OS. The van der Waals surface area contributed by atoms with Gasteiger partial charge in [-0.1, -0.05) is 30.0 Å². The van der Waals surface area contributed by atoms with Crippen LogP contribution in [0, 0.1) is 0 Å². The number of amides is 1. The number of nitrogens with one attached hydrogen (secondary N) is 2. The summed E-state index contributed by atoms with van der Waals surface area (Å²) in [6.07, 6.45) is 0. The van der Waals surface area contributed by atoms with Crippen molar-refractivity contribution >= 4 is 28.7 Å². The van der Waals surface area contributed by atoms with Crippen molar-refractivity contribution in [2.45, 2.75) is 10.9 Å². The molecule has 0 radical (unpaired) electrons. The lowest BCUT2D eigenvalue weighted by Gasteiger charge is -2.02. The molecule has 7 heteroatoms. The topological polar surface area (TPSA) is 96.7 Å². The van der Waals surface area contributed by atoms with Gasteiger partial charge in [0.05, 0.1) is 16.7 Å². The molecule has 0 bridgehead atoms. The van der Waals surface area contributed by atoms with Crippen LogP contribution in [0.25, 0.3) is 11.0 Å². The van der Waals surface area contributed by atoms with Crippen molar-refractivity contribution < 1.29 is 4.79 Å². The molecule has 0 aliphatic heterocycles. The maximum Gasteiger partial charge on any atom is 0.283 e. The van der Waals surface area contributed by atoms with Crippen LogP contribution in [-0.4, -0.2) is 20.9 Å². The predicted octanol–water partition coefficient (Wildman–Crippen LogP) is 1.85. The van der Waals surface area contributed by atoms with Gasteiger partial charge in [0, 0.05) is 5.75 Å². The van der Waals surface area contributed by atoms with E-state index in [1.807, 2.05) is 30.3 Å². The number of fused-ring (bicyclic) bond motifs is 1. The first-order chi connectivity index (χ1) is 10.3. The van der Waals surface area contributed by atoms with Crippen molar-refractivity contribution in [2.24, 2.45) is 5.84 Å². The van der Waals surface area contributed by atoms with Crippen LogP contribution in [0.1, 0.15) is 16.2 Å². The predicted molar refractivity (Wildman–Crippen MR) is 81.5 cm³/mol. The Kier molecular flexibility index (Phi) is 3.85. The Morgan fingerprint density at radius 3 is 2.86 bits per heavy atom. The molecule has 3 aromatic rings. The zero-order valence-electron chi connectivity index (χ0n) is 11.0. The second kappa shape index (κ2) is 5.94. The summed E-state index contributed by atoms with van der Waals surface area (Å²) in [5, 5.41) is 0.826. The summed E-state index contributed by atoms with van der Waals surface area (Å²) in [6, 6.07) is 13.1. The number of benzene rings is 1. The van der Waals surface area contributed by atoms with Crippen molar-refractivity contribution in [3.63, 3.8) is 0 Å². The molecule has 2 aromatic heterocycles. The number of para-hydroxylation sites is 2. The molecule has 0 saturated heterocycles. The molecule has 0 fully saturated rings. The summed E-state index contributed by atoms with van der Waals surface area (Å²) < 4.78 is 0. The van der Waals surface area contributed by atoms with E-state index in [2.05, 4.69) is 20.4 Å². The van der Waals surface area contributed by atoms with Crippen molar-refractivity contribution in [2.75, 3.05) is 0 Å². The van der Waals surface area contributed by atoms with E-state index in [4.69, 9.17) is 5.84 Å². The number of nitrogens with two attached hydrogens (primary N) is 1. The number of nitrogen functional groups attached to an aromatic ring is 1. The van der Waals surface area contributed by atoms with Gasteiger partial charge >= 0.3 is 0 Å². The number of aromatic nitrogens is 3. The van der Waals surface area contributed by atoms with Gasteiger partial charge in [-0.2, -0.15) is 0 Å². The molecule has 0 unspecified atom stereocenters. The zero-order chi connectivity index (χ0) is 14.7. The fourth-order valence-electron chi connectivity index (χ4n) is 1.90. The molecule has 6 nitrogen and oxygen atoms in total. The maximum atomic E-state index is 11.4. The summed E-state index contributed by atoms with van der Waals surface area (Å²) in [4.78, 5) is 23.4. The monoisotopic (exact) mass is 299 g/mol. The smallest absolute Gasteiger partial charge is 0.283 e. The van der Waals surface area contributed by atoms with E-state index in [1.165, 1.54) is 11.8 Å². The number of carbonyl (C=O) groups is 1. The standard InChI is InChI=1S/C14H13N5OS/c15-19-13(20)12-7-3-4-9(16-12)8-21-14-17-10-5-1-2-6-11(10)18-14/h1-7H,8,15H2,(H,17,18)(H,19,20). The number of hydrogen-bond acceptors (Lipinski definition) is 5. The highest BCUT2D eigenvalue weighted by atomic mass is 32.2. The fourth-order valence-corrected chi connectivity index (χ4v) is 2.69. The van der Waals surface area contributed by atoms with Gasteiger partial charge in [0.1, 0.15) is 5.69 Å². The van der Waals surface area contributed by atoms with Crippen molar-refractivity contribution in [3.8, 4) is 0 Å². The Morgan fingerprint density at radius 2 is 2.05 bits per heavy atom. The Balaban J connectivity index is 1.73. The number of H-pyrrole nitrogens is 1. The number of rotatable bonds is 4. The van der Waals surface area contributed by atoms with E-state index in [1.54, 1.807) is 12.1 Å². The van der Waals surface area contributed by atoms with Crippen LogP contribution in [0.4, 0.5) is 0 Å². The van der Waals surface area contributed by atoms with Crippen LogP contribution in [0.3, 0.4) is 0 Å². The van der Waals surface area contributed by atoms with Gasteiger partial charge in [-0.25, -0.2) is 15.8 Å². The third-order valence-corrected chi connectivity index (χ3v) is 3.80. The molecule has 0 atom stereocenters. The summed E-state index contributed by atoms with van der Waals surface area (Å²) >= 11 is 1.54. The van der Waals surface area contributed by atoms with Crippen LogP contribution < -0.4 is 11.3 Å². The molecule has 3 rings (SSSR count). The maximum absolute atomic E-state index is 11.4. The van der Waals surface area contributed by atoms with Crippen molar-refractivity contribution in [3.05, 3.63) is 53.9 Å². The minimum absolute atomic E-state index is 0.306. The van der Waals surface area contributed by atoms with Gasteiger partial charge in [0.2, 0.25) is 0 Å². The van der Waals surface area contributed by atoms with Gasteiger partial charge < -0.3 is 4.98 Å². The van der Waals surface area contributed by atoms with E-state index < -0.39 is 5.91 Å². The molecular weight excluding hydrogens is 286 g/mol. The van der Waals surface area contributed by atoms with E-state index >= 15 is 0 Å². The number of pyridine rings is 1. The first-order valence-corrected chi connectivity index (χ1v) is 7.29. The summed E-state index contributed by atoms with van der Waals surface area (Å²) in [5.41, 5.74) is 5.11. The second-order valence-electron chi connectivity index (χ2n) is 4.34. The van der Waals surface area contributed by atoms with Crippen LogP contribution in [-0.2, 0) is 5.75 Å². The third kappa shape index (κ3) is 3.04. The largest absolute Gasteiger partial charge is 0.333 e. The number of aromatic amines is 1. The Bertz CT molecular complexity index is 753. The van der Waals surface area contributed by atoms with E-state index in [0.717, 1.165) is 21.9 Å². The molecule has 0 aliphatic rings. The minimum atomic E-state index is -0.398. The molecule has 1 aromatic carbocycles. The average molecular weight is 299 g/mol. The Morgan fingerprint density at radius 1 is 1.19 bits per heavy atom. The lowest BCUT2D eigenvalue weighted by molar-refractivity contribution is 0.0948. The third-order valence-electron chi connectivity index (χ3n) is 2.89. The lowest BCUT2D eigenvalue weighted by atomic mass is 10.3. The van der Waals surface area contributed by atoms with Crippen LogP contribution >= 0.6 is 11.8 Å². The molecule has 2 heterocycles. The molecule has 0 aliphatic carbocycles. The zero-order valence-corrected chi connectivity index (χ0v) is 11.9. The number of thioether (sulfide) groups is 1. The normalized spacial score (nSPS) is 10.7. The number of imidazole rings is 1. The highest BCUT2D eigenvalue weighted by molar-refractivity contribution is 7.98. The lowest BCUT2D eigenvalue weighted by Crippen LogP contribution is -2.30. The molecule has 0 spiro atoms. The highest BCUT2D eigenvalue weighted by Crippen LogP contribution is 2.22. The van der Waals surface area contributed by atoms with Crippen molar-refractivity contribution in [1.29, 1.82) is 0 Å². The fraction of sp³-hybridized carbons (Fsp3) is 0.0714. The highest BCUT2D eigenvalue weighted by Gasteiger charge is 2.07. The van der Waals surface area contributed by atoms with Crippen molar-refractivity contribution in [1.82, 2.24) is 20.4 Å². The number of carbonyl (C=O) groups excluding carboxylic acids is 1. The summed E-state index contributed by atoms with van der Waals surface area (Å²) in [5.74, 6) is 5.32. The summed E-state index contributed by atoms with van der Waals surface area (Å²) in [7, 11) is 0. The molecule has 0 saturated carbocycles. The van der Waals surface area contributed by atoms with Gasteiger partial charge in [0.15, 0.2) is 5.16 Å². The van der Waals surface area contributed by atoms with Gasteiger partial charge in [-0.05, 0) is 24.3 Å².